The van der Waals surface area contributed by atoms with Gasteiger partial charge in [0, 0.05) is 38.6 Å². The van der Waals surface area contributed by atoms with Crippen LogP contribution in [0.5, 0.6) is 5.88 Å². The molecule has 2 heterocycles. The number of urea groups is 1. The van der Waals surface area contributed by atoms with Gasteiger partial charge in [-0.3, -0.25) is 10.2 Å². The number of hydrogen-bond acceptors (Lipinski definition) is 7. The van der Waals surface area contributed by atoms with Crippen molar-refractivity contribution in [1.82, 2.24) is 20.0 Å². The number of halogens is 2. The first-order valence-electron chi connectivity index (χ1n) is 13.4. The molecule has 1 fully saturated rings. The van der Waals surface area contributed by atoms with Crippen molar-refractivity contribution in [3.63, 3.8) is 0 Å². The molecule has 0 saturated carbocycles. The number of ether oxygens (including phenoxy) is 2. The third kappa shape index (κ3) is 7.05. The number of carbonyl (C=O) groups excluding carboxylic acids is 1. The molecule has 218 valence electrons. The molecule has 2 atom stereocenters. The fraction of sp³-hybridized carbons (Fsp3) is 0.500. The van der Waals surface area contributed by atoms with Crippen LogP contribution in [0, 0.1) is 24.5 Å². The van der Waals surface area contributed by atoms with E-state index in [2.05, 4.69) is 20.6 Å². The largest absolute Gasteiger partial charge is 0.476 e. The molecule has 4 N–H and O–H groups in total. The average molecular weight is 562 g/mol. The Balaban J connectivity index is 1.55. The Bertz CT molecular complexity index is 1230. The predicted molar refractivity (Wildman–Crippen MR) is 146 cm³/mol. The maximum Gasteiger partial charge on any atom is 0.320 e. The first-order chi connectivity index (χ1) is 19.3. The van der Waals surface area contributed by atoms with E-state index in [0.717, 1.165) is 24.6 Å². The monoisotopic (exact) mass is 561 g/mol. The number of allylic oxidation sites excluding steroid dienone is 4. The third-order valence-corrected chi connectivity index (χ3v) is 7.20. The van der Waals surface area contributed by atoms with Crippen LogP contribution in [0.4, 0.5) is 19.4 Å². The number of methoxy groups -OCH3 is 1. The molecule has 12 heteroatoms. The van der Waals surface area contributed by atoms with Gasteiger partial charge in [0.25, 0.3) is 0 Å². The van der Waals surface area contributed by atoms with Crippen LogP contribution in [0.15, 0.2) is 36.4 Å². The Labute approximate surface area is 232 Å². The number of amides is 2. The smallest absolute Gasteiger partial charge is 0.320 e. The molecule has 0 bridgehead atoms. The van der Waals surface area contributed by atoms with Crippen molar-refractivity contribution in [1.29, 1.82) is 0 Å². The standard InChI is InChI=1S/C28H37F2N5O5/c1-18-26(35(21-6-4-3-5-7-21)33-27(18)40-17-19(15-36)16-37)32-28(38)31-25-14-34(10-11-39-2)13-22(25)20-8-9-23(29)24(30)12-20/h4,6-9,12,19,22,25,36-37H,3,5,10-11,13-17H2,1-2H3,(H2,31,32,38). The summed E-state index contributed by atoms with van der Waals surface area (Å²) in [6, 6.07) is 2.98. The molecule has 2 aliphatic rings. The molecule has 0 spiro atoms. The highest BCUT2D eigenvalue weighted by atomic mass is 19.2. The van der Waals surface area contributed by atoms with Crippen LogP contribution in [-0.2, 0) is 4.74 Å². The third-order valence-electron chi connectivity index (χ3n) is 7.20. The van der Waals surface area contributed by atoms with E-state index in [9.17, 15) is 23.8 Å². The second-order valence-electron chi connectivity index (χ2n) is 10.1. The maximum absolute atomic E-state index is 14.1. The van der Waals surface area contributed by atoms with Crippen LogP contribution in [0.1, 0.15) is 29.9 Å². The Morgan fingerprint density at radius 1 is 1.20 bits per heavy atom. The number of likely N-dealkylation sites (tertiary alicyclic amines) is 1. The summed E-state index contributed by atoms with van der Waals surface area (Å²) in [5.41, 5.74) is 1.95. The quantitative estimate of drug-likeness (QED) is 0.315. The average Bonchev–Trinajstić information content (AvgIpc) is 3.50. The van der Waals surface area contributed by atoms with Gasteiger partial charge in [0.2, 0.25) is 5.88 Å². The van der Waals surface area contributed by atoms with Gasteiger partial charge in [-0.2, -0.15) is 0 Å². The molecule has 2 unspecified atom stereocenters. The van der Waals surface area contributed by atoms with Gasteiger partial charge in [-0.15, -0.1) is 5.10 Å². The van der Waals surface area contributed by atoms with Crippen LogP contribution in [0.25, 0.3) is 5.70 Å². The molecular weight excluding hydrogens is 524 g/mol. The number of hydrogen-bond donors (Lipinski definition) is 4. The highest BCUT2D eigenvalue weighted by Crippen LogP contribution is 2.31. The lowest BCUT2D eigenvalue weighted by Gasteiger charge is -2.21. The summed E-state index contributed by atoms with van der Waals surface area (Å²) in [6.45, 7) is 3.53. The lowest BCUT2D eigenvalue weighted by Crippen LogP contribution is -2.42. The van der Waals surface area contributed by atoms with E-state index >= 15 is 0 Å². The van der Waals surface area contributed by atoms with E-state index < -0.39 is 23.6 Å². The molecule has 2 aromatic rings. The summed E-state index contributed by atoms with van der Waals surface area (Å²) < 4.78 is 40.3. The van der Waals surface area contributed by atoms with E-state index in [1.807, 2.05) is 18.2 Å². The van der Waals surface area contributed by atoms with Crippen LogP contribution in [0.3, 0.4) is 0 Å². The predicted octanol–water partition coefficient (Wildman–Crippen LogP) is 2.88. The zero-order valence-electron chi connectivity index (χ0n) is 22.8. The number of anilines is 1. The van der Waals surface area contributed by atoms with Crippen molar-refractivity contribution in [2.75, 3.05) is 58.5 Å². The molecule has 10 nitrogen and oxygen atoms in total. The maximum atomic E-state index is 14.1. The minimum Gasteiger partial charge on any atom is -0.476 e. The van der Waals surface area contributed by atoms with Crippen LogP contribution >= 0.6 is 0 Å². The van der Waals surface area contributed by atoms with Gasteiger partial charge in [-0.25, -0.2) is 18.3 Å². The van der Waals surface area contributed by atoms with Gasteiger partial charge in [0.05, 0.1) is 43.7 Å². The highest BCUT2D eigenvalue weighted by molar-refractivity contribution is 5.90. The lowest BCUT2D eigenvalue weighted by molar-refractivity contribution is 0.104. The summed E-state index contributed by atoms with van der Waals surface area (Å²) >= 11 is 0. The number of nitrogens with one attached hydrogen (secondary N) is 2. The number of benzene rings is 1. The fourth-order valence-corrected chi connectivity index (χ4v) is 4.89. The first kappa shape index (κ1) is 29.7. The van der Waals surface area contributed by atoms with Crippen LogP contribution in [-0.4, -0.2) is 90.1 Å². The first-order valence-corrected chi connectivity index (χ1v) is 13.4. The topological polar surface area (TPSA) is 121 Å². The van der Waals surface area contributed by atoms with Gasteiger partial charge < -0.3 is 25.0 Å². The Morgan fingerprint density at radius 2 is 2.00 bits per heavy atom. The zero-order chi connectivity index (χ0) is 28.6. The van der Waals surface area contributed by atoms with Gasteiger partial charge in [0.15, 0.2) is 11.6 Å². The molecule has 4 rings (SSSR count). The molecule has 40 heavy (non-hydrogen) atoms. The number of aliphatic hydroxyl groups is 2. The van der Waals surface area contributed by atoms with Gasteiger partial charge in [-0.1, -0.05) is 18.2 Å². The van der Waals surface area contributed by atoms with E-state index in [1.165, 1.54) is 6.07 Å². The summed E-state index contributed by atoms with van der Waals surface area (Å²) in [4.78, 5) is 15.5. The highest BCUT2D eigenvalue weighted by Gasteiger charge is 2.35. The lowest BCUT2D eigenvalue weighted by atomic mass is 9.94. The Morgan fingerprint density at radius 3 is 2.67 bits per heavy atom. The molecule has 1 saturated heterocycles. The molecule has 2 amide bonds. The fourth-order valence-electron chi connectivity index (χ4n) is 4.89. The Hall–Kier alpha value is -3.32. The van der Waals surface area contributed by atoms with E-state index in [4.69, 9.17) is 9.47 Å². The number of carbonyl (C=O) groups is 1. The van der Waals surface area contributed by atoms with E-state index in [1.54, 1.807) is 24.8 Å². The molecule has 1 aromatic carbocycles. The van der Waals surface area contributed by atoms with Gasteiger partial charge in [-0.05, 0) is 43.5 Å². The van der Waals surface area contributed by atoms with Crippen LogP contribution in [0.2, 0.25) is 0 Å². The molecule has 1 aliphatic heterocycles. The number of aliphatic hydroxyl groups excluding tert-OH is 2. The van der Waals surface area contributed by atoms with Crippen molar-refractivity contribution in [2.45, 2.75) is 31.7 Å². The minimum absolute atomic E-state index is 0.0562. The number of aromatic nitrogens is 2. The van der Waals surface area contributed by atoms with Crippen molar-refractivity contribution in [2.24, 2.45) is 5.92 Å². The molecule has 0 radical (unpaired) electrons. The van der Waals surface area contributed by atoms with E-state index in [-0.39, 0.29) is 37.7 Å². The number of rotatable bonds is 12. The normalized spacial score (nSPS) is 19.2. The van der Waals surface area contributed by atoms with Crippen molar-refractivity contribution in [3.05, 3.63) is 59.2 Å². The molecule has 1 aliphatic carbocycles. The Kier molecular flexibility index (Phi) is 10.3. The van der Waals surface area contributed by atoms with Crippen molar-refractivity contribution in [3.8, 4) is 5.88 Å². The van der Waals surface area contributed by atoms with E-state index in [0.29, 0.717) is 43.2 Å². The second-order valence-corrected chi connectivity index (χ2v) is 10.1. The second kappa shape index (κ2) is 13.8. The molecule has 1 aromatic heterocycles. The molecular formula is C28H37F2N5O5. The minimum atomic E-state index is -0.929. The summed E-state index contributed by atoms with van der Waals surface area (Å²) in [7, 11) is 1.61. The van der Waals surface area contributed by atoms with Crippen molar-refractivity contribution < 1.29 is 33.3 Å². The summed E-state index contributed by atoms with van der Waals surface area (Å²) in [6.07, 6.45) is 7.66. The SMILES string of the molecule is COCCN1CC(NC(=O)Nc2c(C)c(OCC(CO)CO)nn2C2=CCCC=C2)C(c2ccc(F)c(F)c2)C1. The zero-order valence-corrected chi connectivity index (χ0v) is 22.8. The van der Waals surface area contributed by atoms with Gasteiger partial charge in [0.1, 0.15) is 5.82 Å². The number of nitrogens with zero attached hydrogens (tertiary/aromatic N) is 3. The summed E-state index contributed by atoms with van der Waals surface area (Å²) in [5.74, 6) is -1.89. The van der Waals surface area contributed by atoms with Gasteiger partial charge >= 0.3 is 6.03 Å². The van der Waals surface area contributed by atoms with Crippen LogP contribution < -0.4 is 15.4 Å². The van der Waals surface area contributed by atoms with Crippen molar-refractivity contribution >= 4 is 17.5 Å². The summed E-state index contributed by atoms with van der Waals surface area (Å²) in [5, 5.41) is 29.3.